The van der Waals surface area contributed by atoms with E-state index in [0.717, 1.165) is 23.5 Å². The summed E-state index contributed by atoms with van der Waals surface area (Å²) in [5.74, 6) is 1.64. The molecule has 0 aliphatic carbocycles. The van der Waals surface area contributed by atoms with Gasteiger partial charge in [0.15, 0.2) is 0 Å². The number of hydrogen-bond donors (Lipinski definition) is 1. The van der Waals surface area contributed by atoms with Crippen LogP contribution in [0.2, 0.25) is 10.0 Å². The van der Waals surface area contributed by atoms with Crippen LogP contribution in [0.3, 0.4) is 0 Å². The van der Waals surface area contributed by atoms with E-state index in [1.165, 1.54) is 0 Å². The zero-order valence-electron chi connectivity index (χ0n) is 11.0. The smallest absolute Gasteiger partial charge is 0.135 e. The van der Waals surface area contributed by atoms with E-state index in [9.17, 15) is 0 Å². The lowest BCUT2D eigenvalue weighted by Gasteiger charge is -2.09. The summed E-state index contributed by atoms with van der Waals surface area (Å²) in [6.45, 7) is 5.02. The van der Waals surface area contributed by atoms with Gasteiger partial charge in [-0.3, -0.25) is 0 Å². The molecule has 0 bridgehead atoms. The van der Waals surface area contributed by atoms with E-state index in [1.807, 2.05) is 18.2 Å². The number of nitrogens with one attached hydrogen (secondary N) is 1. The molecule has 2 nitrogen and oxygen atoms in total. The minimum Gasteiger partial charge on any atom is -0.460 e. The molecule has 2 aromatic rings. The molecule has 2 rings (SSSR count). The maximum absolute atomic E-state index is 6.16. The van der Waals surface area contributed by atoms with Crippen molar-refractivity contribution < 1.29 is 4.42 Å². The fraction of sp³-hybridized carbons (Fsp3) is 0.333. The van der Waals surface area contributed by atoms with Crippen LogP contribution in [0.1, 0.15) is 26.0 Å². The highest BCUT2D eigenvalue weighted by molar-refractivity contribution is 6.35. The highest BCUT2D eigenvalue weighted by atomic mass is 35.5. The maximum Gasteiger partial charge on any atom is 0.135 e. The molecule has 0 aliphatic heterocycles. The van der Waals surface area contributed by atoms with E-state index >= 15 is 0 Å². The highest BCUT2D eigenvalue weighted by Crippen LogP contribution is 2.31. The first kappa shape index (κ1) is 14.4. The van der Waals surface area contributed by atoms with Gasteiger partial charge in [-0.15, -0.1) is 0 Å². The van der Waals surface area contributed by atoms with Gasteiger partial charge in [-0.1, -0.05) is 30.1 Å². The van der Waals surface area contributed by atoms with Crippen LogP contribution in [0.4, 0.5) is 0 Å². The second-order valence-electron chi connectivity index (χ2n) is 4.58. The molecular weight excluding hydrogens is 281 g/mol. The summed E-state index contributed by atoms with van der Waals surface area (Å²) < 4.78 is 5.79. The quantitative estimate of drug-likeness (QED) is 0.826. The van der Waals surface area contributed by atoms with Crippen molar-refractivity contribution in [1.29, 1.82) is 0 Å². The van der Waals surface area contributed by atoms with E-state index in [2.05, 4.69) is 19.2 Å². The Morgan fingerprint density at radius 3 is 2.74 bits per heavy atom. The number of hydrogen-bond acceptors (Lipinski definition) is 2. The van der Waals surface area contributed by atoms with Gasteiger partial charge in [0.05, 0.1) is 11.6 Å². The number of benzene rings is 1. The Bertz CT molecular complexity index is 551. The molecular formula is C15H17Cl2NO. The zero-order chi connectivity index (χ0) is 13.8. The Hall–Kier alpha value is -0.960. The standard InChI is InChI=1S/C15H17Cl2NO/c1-3-10(2)18-9-12-5-7-15(19-12)13-8-11(16)4-6-14(13)17/h4-8,10,18H,3,9H2,1-2H3/t10-/m1/s1. The molecule has 1 heterocycles. The molecule has 0 saturated heterocycles. The summed E-state index contributed by atoms with van der Waals surface area (Å²) in [5, 5.41) is 4.67. The predicted molar refractivity (Wildman–Crippen MR) is 80.8 cm³/mol. The SMILES string of the molecule is CC[C@@H](C)NCc1ccc(-c2cc(Cl)ccc2Cl)o1. The van der Waals surface area contributed by atoms with Gasteiger partial charge in [-0.05, 0) is 43.7 Å². The van der Waals surface area contributed by atoms with Gasteiger partial charge < -0.3 is 9.73 Å². The summed E-state index contributed by atoms with van der Waals surface area (Å²) in [6, 6.07) is 9.71. The van der Waals surface area contributed by atoms with Crippen LogP contribution >= 0.6 is 23.2 Å². The second-order valence-corrected chi connectivity index (χ2v) is 5.42. The average molecular weight is 298 g/mol. The van der Waals surface area contributed by atoms with E-state index in [1.54, 1.807) is 12.1 Å². The summed E-state index contributed by atoms with van der Waals surface area (Å²) in [7, 11) is 0. The molecule has 0 saturated carbocycles. The molecule has 4 heteroatoms. The minimum atomic E-state index is 0.475. The molecule has 0 fully saturated rings. The molecule has 1 N–H and O–H groups in total. The largest absolute Gasteiger partial charge is 0.460 e. The fourth-order valence-electron chi connectivity index (χ4n) is 1.72. The molecule has 19 heavy (non-hydrogen) atoms. The van der Waals surface area contributed by atoms with Gasteiger partial charge in [0.25, 0.3) is 0 Å². The second kappa shape index (κ2) is 6.47. The lowest BCUT2D eigenvalue weighted by atomic mass is 10.2. The molecule has 0 radical (unpaired) electrons. The third-order valence-corrected chi connectivity index (χ3v) is 3.66. The molecule has 0 aliphatic rings. The molecule has 0 spiro atoms. The topological polar surface area (TPSA) is 25.2 Å². The number of rotatable bonds is 5. The first-order valence-corrected chi connectivity index (χ1v) is 7.13. The van der Waals surface area contributed by atoms with Crippen molar-refractivity contribution in [1.82, 2.24) is 5.32 Å². The van der Waals surface area contributed by atoms with E-state index in [0.29, 0.717) is 22.6 Å². The first-order chi connectivity index (χ1) is 9.10. The Morgan fingerprint density at radius 2 is 2.00 bits per heavy atom. The maximum atomic E-state index is 6.16. The molecule has 102 valence electrons. The fourth-order valence-corrected chi connectivity index (χ4v) is 2.11. The Balaban J connectivity index is 2.14. The normalized spacial score (nSPS) is 12.6. The third kappa shape index (κ3) is 3.75. The van der Waals surface area contributed by atoms with Crippen LogP contribution in [0.5, 0.6) is 0 Å². The molecule has 1 aromatic heterocycles. The monoisotopic (exact) mass is 297 g/mol. The van der Waals surface area contributed by atoms with Crippen LogP contribution < -0.4 is 5.32 Å². The molecule has 1 aromatic carbocycles. The molecule has 0 amide bonds. The van der Waals surface area contributed by atoms with Crippen molar-refractivity contribution in [2.45, 2.75) is 32.9 Å². The third-order valence-electron chi connectivity index (χ3n) is 3.09. The van der Waals surface area contributed by atoms with E-state index < -0.39 is 0 Å². The summed E-state index contributed by atoms with van der Waals surface area (Å²) >= 11 is 12.1. The summed E-state index contributed by atoms with van der Waals surface area (Å²) in [6.07, 6.45) is 1.09. The highest BCUT2D eigenvalue weighted by Gasteiger charge is 2.09. The van der Waals surface area contributed by atoms with Crippen molar-refractivity contribution in [3.63, 3.8) is 0 Å². The van der Waals surface area contributed by atoms with Gasteiger partial charge >= 0.3 is 0 Å². The van der Waals surface area contributed by atoms with Gasteiger partial charge in [0, 0.05) is 16.6 Å². The van der Waals surface area contributed by atoms with Crippen LogP contribution in [-0.2, 0) is 6.54 Å². The van der Waals surface area contributed by atoms with Crippen LogP contribution in [0, 0.1) is 0 Å². The Morgan fingerprint density at radius 1 is 1.21 bits per heavy atom. The summed E-state index contributed by atoms with van der Waals surface area (Å²) in [4.78, 5) is 0. The van der Waals surface area contributed by atoms with Crippen LogP contribution in [0.15, 0.2) is 34.7 Å². The Labute approximate surface area is 123 Å². The van der Waals surface area contributed by atoms with Crippen LogP contribution in [-0.4, -0.2) is 6.04 Å². The van der Waals surface area contributed by atoms with Crippen molar-refractivity contribution in [2.24, 2.45) is 0 Å². The van der Waals surface area contributed by atoms with E-state index in [4.69, 9.17) is 27.6 Å². The van der Waals surface area contributed by atoms with E-state index in [-0.39, 0.29) is 0 Å². The predicted octanol–water partition coefficient (Wildman–Crippen LogP) is 5.14. The van der Waals surface area contributed by atoms with Crippen LogP contribution in [0.25, 0.3) is 11.3 Å². The first-order valence-electron chi connectivity index (χ1n) is 6.37. The van der Waals surface area contributed by atoms with Crippen molar-refractivity contribution in [2.75, 3.05) is 0 Å². The zero-order valence-corrected chi connectivity index (χ0v) is 12.6. The molecule has 1 atom stereocenters. The number of furan rings is 1. The summed E-state index contributed by atoms with van der Waals surface area (Å²) in [5.41, 5.74) is 0.823. The van der Waals surface area contributed by atoms with Crippen molar-refractivity contribution in [3.8, 4) is 11.3 Å². The Kier molecular flexibility index (Phi) is 4.92. The van der Waals surface area contributed by atoms with Crippen molar-refractivity contribution >= 4 is 23.2 Å². The van der Waals surface area contributed by atoms with Gasteiger partial charge in [-0.25, -0.2) is 0 Å². The minimum absolute atomic E-state index is 0.475. The van der Waals surface area contributed by atoms with Gasteiger partial charge in [0.2, 0.25) is 0 Å². The van der Waals surface area contributed by atoms with Gasteiger partial charge in [-0.2, -0.15) is 0 Å². The number of halogens is 2. The average Bonchev–Trinajstić information content (AvgIpc) is 2.87. The van der Waals surface area contributed by atoms with Gasteiger partial charge in [0.1, 0.15) is 11.5 Å². The van der Waals surface area contributed by atoms with Crippen molar-refractivity contribution in [3.05, 3.63) is 46.1 Å². The molecule has 0 unspecified atom stereocenters. The lowest BCUT2D eigenvalue weighted by molar-refractivity contribution is 0.457. The lowest BCUT2D eigenvalue weighted by Crippen LogP contribution is -2.24.